The topological polar surface area (TPSA) is 73.2 Å². The highest BCUT2D eigenvalue weighted by Gasteiger charge is 2.37. The Kier molecular flexibility index (Phi) is 7.60. The number of carboxylic acid groups (broad SMARTS) is 1. The van der Waals surface area contributed by atoms with Gasteiger partial charge in [-0.3, -0.25) is 9.69 Å². The molecule has 1 amide bonds. The van der Waals surface area contributed by atoms with E-state index in [1.807, 2.05) is 36.4 Å². The van der Waals surface area contributed by atoms with Gasteiger partial charge in [0.1, 0.15) is 0 Å². The second-order valence-electron chi connectivity index (χ2n) is 11.2. The molecule has 5 rings (SSSR count). The predicted octanol–water partition coefficient (Wildman–Crippen LogP) is 7.61. The zero-order valence-corrected chi connectivity index (χ0v) is 24.5. The normalized spacial score (nSPS) is 20.3. The van der Waals surface area contributed by atoms with Crippen molar-refractivity contribution >= 4 is 46.3 Å². The van der Waals surface area contributed by atoms with Crippen LogP contribution in [0.3, 0.4) is 0 Å². The van der Waals surface area contributed by atoms with Crippen LogP contribution in [0, 0.1) is 6.92 Å². The second-order valence-corrected chi connectivity index (χ2v) is 12.2. The molecule has 6 nitrogen and oxygen atoms in total. The Labute approximate surface area is 240 Å². The van der Waals surface area contributed by atoms with Crippen LogP contribution in [0.2, 0.25) is 0 Å². The van der Waals surface area contributed by atoms with Gasteiger partial charge in [-0.2, -0.15) is 0 Å². The van der Waals surface area contributed by atoms with E-state index in [9.17, 15) is 14.7 Å². The van der Waals surface area contributed by atoms with E-state index in [2.05, 4.69) is 51.7 Å². The molecule has 1 N–H and O–H groups in total. The van der Waals surface area contributed by atoms with E-state index in [0.29, 0.717) is 22.5 Å². The minimum atomic E-state index is -0.976. The number of para-hydroxylation sites is 1. The van der Waals surface area contributed by atoms with Crippen LogP contribution in [0.4, 0.5) is 11.4 Å². The van der Waals surface area contributed by atoms with Gasteiger partial charge in [0.2, 0.25) is 0 Å². The number of aromatic carboxylic acids is 1. The molecule has 0 aliphatic carbocycles. The molecule has 0 radical (unpaired) electrons. The Morgan fingerprint density at radius 2 is 1.82 bits per heavy atom. The van der Waals surface area contributed by atoms with Gasteiger partial charge in [-0.05, 0) is 117 Å². The van der Waals surface area contributed by atoms with Gasteiger partial charge >= 0.3 is 5.97 Å². The smallest absolute Gasteiger partial charge is 0.335 e. The number of amidine groups is 1. The number of carboxylic acids is 1. The second kappa shape index (κ2) is 11.0. The molecule has 2 heterocycles. The SMILES string of the molecule is CCN1c2cc(C)c(/C=C3/SC(=Nc4ccccc4)N(Cc4ccc(C(=O)O)cc4)C3=O)cc2C(C)CC1(C)C. The van der Waals surface area contributed by atoms with Crippen molar-refractivity contribution in [3.05, 3.63) is 99.5 Å². The van der Waals surface area contributed by atoms with E-state index < -0.39 is 5.97 Å². The molecular weight excluding hydrogens is 518 g/mol. The lowest BCUT2D eigenvalue weighted by molar-refractivity contribution is -0.122. The van der Waals surface area contributed by atoms with Crippen LogP contribution < -0.4 is 4.90 Å². The van der Waals surface area contributed by atoms with Gasteiger partial charge in [0.05, 0.1) is 22.7 Å². The lowest BCUT2D eigenvalue weighted by Gasteiger charge is -2.47. The first kappa shape index (κ1) is 27.7. The summed E-state index contributed by atoms with van der Waals surface area (Å²) in [7, 11) is 0. The standard InChI is InChI=1S/C33H35N3O3S/c1-6-36-28-16-21(2)25(17-27(28)22(3)19-33(36,4)5)18-29-30(37)35(20-23-12-14-24(15-13-23)31(38)39)32(40-29)34-26-10-8-7-9-11-26/h7-18,22H,6,19-20H2,1-5H3,(H,38,39)/b29-18+,34-32?. The number of hydrogen-bond donors (Lipinski definition) is 1. The fourth-order valence-electron chi connectivity index (χ4n) is 5.83. The molecule has 1 saturated heterocycles. The first-order valence-corrected chi connectivity index (χ1v) is 14.5. The van der Waals surface area contributed by atoms with E-state index in [1.54, 1.807) is 29.2 Å². The van der Waals surface area contributed by atoms with E-state index in [4.69, 9.17) is 4.99 Å². The first-order valence-electron chi connectivity index (χ1n) is 13.7. The molecule has 0 spiro atoms. The Balaban J connectivity index is 1.52. The van der Waals surface area contributed by atoms with Crippen molar-refractivity contribution < 1.29 is 14.7 Å². The van der Waals surface area contributed by atoms with Crippen LogP contribution in [0.15, 0.2) is 76.6 Å². The number of benzene rings is 3. The summed E-state index contributed by atoms with van der Waals surface area (Å²) in [6.45, 7) is 12.5. The van der Waals surface area contributed by atoms with Crippen LogP contribution in [0.1, 0.15) is 72.6 Å². The van der Waals surface area contributed by atoms with Gasteiger partial charge in [-0.25, -0.2) is 9.79 Å². The minimum Gasteiger partial charge on any atom is -0.478 e. The maximum Gasteiger partial charge on any atom is 0.335 e. The summed E-state index contributed by atoms with van der Waals surface area (Å²) in [5.41, 5.74) is 6.70. The summed E-state index contributed by atoms with van der Waals surface area (Å²) >= 11 is 1.38. The molecule has 0 aromatic heterocycles. The zero-order chi connectivity index (χ0) is 28.6. The molecule has 1 atom stereocenters. The molecule has 2 aliphatic heterocycles. The number of aliphatic imine (C=N–C) groups is 1. The monoisotopic (exact) mass is 553 g/mol. The van der Waals surface area contributed by atoms with Crippen molar-refractivity contribution in [1.29, 1.82) is 0 Å². The Morgan fingerprint density at radius 3 is 2.48 bits per heavy atom. The van der Waals surface area contributed by atoms with Crippen LogP contribution in [0.5, 0.6) is 0 Å². The molecule has 3 aromatic rings. The van der Waals surface area contributed by atoms with Crippen molar-refractivity contribution in [3.8, 4) is 0 Å². The molecule has 206 valence electrons. The average molecular weight is 554 g/mol. The number of fused-ring (bicyclic) bond motifs is 1. The maximum absolute atomic E-state index is 13.8. The number of anilines is 1. The molecule has 40 heavy (non-hydrogen) atoms. The third-order valence-electron chi connectivity index (χ3n) is 7.79. The minimum absolute atomic E-state index is 0.0941. The van der Waals surface area contributed by atoms with Gasteiger partial charge in [0, 0.05) is 17.8 Å². The number of rotatable bonds is 6. The van der Waals surface area contributed by atoms with Crippen molar-refractivity contribution in [3.63, 3.8) is 0 Å². The molecule has 2 aliphatic rings. The van der Waals surface area contributed by atoms with Gasteiger partial charge in [0.15, 0.2) is 5.17 Å². The number of amides is 1. The summed E-state index contributed by atoms with van der Waals surface area (Å²) in [5.74, 6) is -0.669. The molecule has 7 heteroatoms. The van der Waals surface area contributed by atoms with Crippen LogP contribution >= 0.6 is 11.8 Å². The maximum atomic E-state index is 13.8. The molecule has 0 bridgehead atoms. The highest BCUT2D eigenvalue weighted by molar-refractivity contribution is 8.18. The number of hydrogen-bond acceptors (Lipinski definition) is 5. The van der Waals surface area contributed by atoms with Crippen molar-refractivity contribution in [2.75, 3.05) is 11.4 Å². The third kappa shape index (κ3) is 5.43. The lowest BCUT2D eigenvalue weighted by Crippen LogP contribution is -2.48. The molecule has 0 saturated carbocycles. The third-order valence-corrected chi connectivity index (χ3v) is 8.79. The summed E-state index contributed by atoms with van der Waals surface area (Å²) in [4.78, 5) is 34.7. The molecule has 1 unspecified atom stereocenters. The van der Waals surface area contributed by atoms with Gasteiger partial charge < -0.3 is 10.0 Å². The number of aryl methyl sites for hydroxylation is 1. The number of nitrogens with zero attached hydrogens (tertiary/aromatic N) is 3. The van der Waals surface area contributed by atoms with Gasteiger partial charge in [0.25, 0.3) is 5.91 Å². The van der Waals surface area contributed by atoms with E-state index >= 15 is 0 Å². The Morgan fingerprint density at radius 1 is 1.12 bits per heavy atom. The summed E-state index contributed by atoms with van der Waals surface area (Å²) in [6, 6.07) is 20.8. The largest absolute Gasteiger partial charge is 0.478 e. The zero-order valence-electron chi connectivity index (χ0n) is 23.6. The fraction of sp³-hybridized carbons (Fsp3) is 0.303. The van der Waals surface area contributed by atoms with Crippen molar-refractivity contribution in [1.82, 2.24) is 4.90 Å². The first-order chi connectivity index (χ1) is 19.1. The fourth-order valence-corrected chi connectivity index (χ4v) is 6.81. The number of carbonyl (C=O) groups is 2. The lowest BCUT2D eigenvalue weighted by atomic mass is 9.79. The average Bonchev–Trinajstić information content (AvgIpc) is 3.19. The van der Waals surface area contributed by atoms with E-state index in [0.717, 1.165) is 35.3 Å². The molecular formula is C33H35N3O3S. The van der Waals surface area contributed by atoms with E-state index in [1.165, 1.54) is 23.0 Å². The summed E-state index contributed by atoms with van der Waals surface area (Å²) in [6.07, 6.45) is 3.07. The highest BCUT2D eigenvalue weighted by Crippen LogP contribution is 2.45. The van der Waals surface area contributed by atoms with Crippen molar-refractivity contribution in [2.45, 2.75) is 59.0 Å². The Bertz CT molecular complexity index is 1510. The van der Waals surface area contributed by atoms with Crippen LogP contribution in [-0.2, 0) is 11.3 Å². The summed E-state index contributed by atoms with van der Waals surface area (Å²) < 4.78 is 0. The quantitative estimate of drug-likeness (QED) is 0.318. The van der Waals surface area contributed by atoms with Crippen LogP contribution in [0.25, 0.3) is 6.08 Å². The number of carbonyl (C=O) groups excluding carboxylic acids is 1. The number of thioether (sulfide) groups is 1. The van der Waals surface area contributed by atoms with Crippen molar-refractivity contribution in [2.24, 2.45) is 4.99 Å². The van der Waals surface area contributed by atoms with E-state index in [-0.39, 0.29) is 17.0 Å². The highest BCUT2D eigenvalue weighted by atomic mass is 32.2. The predicted molar refractivity (Wildman–Crippen MR) is 164 cm³/mol. The molecule has 1 fully saturated rings. The Hall–Kier alpha value is -3.84. The molecule has 3 aromatic carbocycles. The summed E-state index contributed by atoms with van der Waals surface area (Å²) in [5, 5.41) is 9.86. The van der Waals surface area contributed by atoms with Crippen LogP contribution in [-0.4, -0.2) is 39.1 Å². The van der Waals surface area contributed by atoms with Gasteiger partial charge in [-0.1, -0.05) is 37.3 Å². The van der Waals surface area contributed by atoms with Gasteiger partial charge in [-0.15, -0.1) is 0 Å².